The van der Waals surface area contributed by atoms with Crippen LogP contribution in [0.3, 0.4) is 0 Å². The van der Waals surface area contributed by atoms with Crippen LogP contribution in [0.4, 0.5) is 5.82 Å². The molecule has 1 unspecified atom stereocenters. The summed E-state index contributed by atoms with van der Waals surface area (Å²) in [5.41, 5.74) is 9.89. The molecule has 2 saturated heterocycles. The number of amides is 1. The number of carbonyl (C=O) groups is 1. The van der Waals surface area contributed by atoms with Crippen LogP contribution in [0.25, 0.3) is 11.3 Å². The maximum absolute atomic E-state index is 13.4. The van der Waals surface area contributed by atoms with Gasteiger partial charge in [-0.15, -0.1) is 0 Å². The number of methoxy groups -OCH3 is 1. The Labute approximate surface area is 229 Å². The zero-order valence-electron chi connectivity index (χ0n) is 22.7. The van der Waals surface area contributed by atoms with Crippen LogP contribution in [0.2, 0.25) is 0 Å². The number of anilines is 1. The molecule has 3 aromatic rings. The maximum Gasteiger partial charge on any atom is 0.281 e. The van der Waals surface area contributed by atoms with Gasteiger partial charge in [-0.05, 0) is 49.4 Å². The van der Waals surface area contributed by atoms with Crippen molar-refractivity contribution in [1.82, 2.24) is 24.9 Å². The van der Waals surface area contributed by atoms with Gasteiger partial charge in [0.2, 0.25) is 0 Å². The van der Waals surface area contributed by atoms with Crippen molar-refractivity contribution in [3.05, 3.63) is 65.2 Å². The molecule has 39 heavy (non-hydrogen) atoms. The number of hydrogen-bond donors (Lipinski definition) is 1. The first-order chi connectivity index (χ1) is 19.0. The molecule has 0 spiro atoms. The predicted molar refractivity (Wildman–Crippen MR) is 149 cm³/mol. The molecule has 1 atom stereocenters. The highest BCUT2D eigenvalue weighted by molar-refractivity contribution is 5.97. The molecule has 9 nitrogen and oxygen atoms in total. The summed E-state index contributed by atoms with van der Waals surface area (Å²) >= 11 is 0. The quantitative estimate of drug-likeness (QED) is 0.499. The van der Waals surface area contributed by atoms with Crippen LogP contribution in [-0.2, 0) is 11.3 Å². The Balaban J connectivity index is 1.40. The van der Waals surface area contributed by atoms with Crippen molar-refractivity contribution in [2.45, 2.75) is 45.8 Å². The number of pyridine rings is 1. The van der Waals surface area contributed by atoms with E-state index >= 15 is 0 Å². The molecule has 2 aliphatic heterocycles. The first kappa shape index (κ1) is 26.6. The van der Waals surface area contributed by atoms with Crippen LogP contribution in [-0.4, -0.2) is 63.8 Å². The molecule has 1 aromatic carbocycles. The lowest BCUT2D eigenvalue weighted by molar-refractivity contribution is -0.165. The Kier molecular flexibility index (Phi) is 8.05. The smallest absolute Gasteiger partial charge is 0.281 e. The zero-order chi connectivity index (χ0) is 27.4. The number of hydrogen-bond acceptors (Lipinski definition) is 8. The molecule has 2 fully saturated rings. The fourth-order valence-corrected chi connectivity index (χ4v) is 5.00. The lowest BCUT2D eigenvalue weighted by Crippen LogP contribution is -2.42. The van der Waals surface area contributed by atoms with Crippen molar-refractivity contribution < 1.29 is 14.4 Å². The molecule has 0 radical (unpaired) electrons. The van der Waals surface area contributed by atoms with Gasteiger partial charge in [-0.2, -0.15) is 0 Å². The van der Waals surface area contributed by atoms with Gasteiger partial charge in [0.25, 0.3) is 5.91 Å². The third-order valence-electron chi connectivity index (χ3n) is 7.36. The second-order valence-corrected chi connectivity index (χ2v) is 10.0. The first-order valence-corrected chi connectivity index (χ1v) is 13.4. The third kappa shape index (κ3) is 5.87. The fourth-order valence-electron chi connectivity index (χ4n) is 5.00. The lowest BCUT2D eigenvalue weighted by Gasteiger charge is -2.33. The summed E-state index contributed by atoms with van der Waals surface area (Å²) in [6, 6.07) is 9.00. The molecule has 202 valence electrons. The highest BCUT2D eigenvalue weighted by Crippen LogP contribution is 2.31. The number of aromatic nitrogens is 3. The number of ether oxygens (including phenoxy) is 1. The normalized spacial score (nSPS) is 18.0. The molecular weight excluding hydrogens is 492 g/mol. The van der Waals surface area contributed by atoms with E-state index in [9.17, 15) is 4.79 Å². The van der Waals surface area contributed by atoms with Crippen LogP contribution in [0.5, 0.6) is 5.75 Å². The summed E-state index contributed by atoms with van der Waals surface area (Å²) in [7, 11) is 1.56. The monoisotopic (exact) mass is 526 g/mol. The van der Waals surface area contributed by atoms with E-state index < -0.39 is 0 Å². The van der Waals surface area contributed by atoms with Gasteiger partial charge in [0.1, 0.15) is 24.1 Å². The molecule has 0 aliphatic carbocycles. The minimum absolute atomic E-state index is 0.0578. The molecule has 1 amide bonds. The van der Waals surface area contributed by atoms with Gasteiger partial charge in [-0.25, -0.2) is 20.0 Å². The molecular formula is C30H34N6O3. The van der Waals surface area contributed by atoms with Gasteiger partial charge in [-0.1, -0.05) is 31.8 Å². The molecule has 0 saturated carbocycles. The van der Waals surface area contributed by atoms with Crippen molar-refractivity contribution in [2.24, 2.45) is 5.92 Å². The van der Waals surface area contributed by atoms with Gasteiger partial charge in [-0.3, -0.25) is 14.5 Å². The number of benzene rings is 1. The average Bonchev–Trinajstić information content (AvgIpc) is 3.47. The number of aryl methyl sites for hydroxylation is 1. The number of piperidine rings is 1. The Hall–Kier alpha value is -4.00. The SMILES string of the molecule is CCc1ncnc(-c2ccc(C(=O)N3CCC(N4CCC(C)CC4)O3)c(OC)c2)c1C#Cc1ccc(N)nc1. The number of hydroxylamine groups is 2. The summed E-state index contributed by atoms with van der Waals surface area (Å²) in [5, 5.41) is 1.47. The Morgan fingerprint density at radius 1 is 1.10 bits per heavy atom. The first-order valence-electron chi connectivity index (χ1n) is 13.4. The summed E-state index contributed by atoms with van der Waals surface area (Å²) in [5.74, 6) is 7.80. The number of carbonyl (C=O) groups excluding carboxylic acids is 1. The molecule has 2 aliphatic rings. The molecule has 9 heteroatoms. The number of nitrogens with zero attached hydrogens (tertiary/aromatic N) is 5. The predicted octanol–water partition coefficient (Wildman–Crippen LogP) is 3.93. The van der Waals surface area contributed by atoms with E-state index in [1.807, 2.05) is 25.1 Å². The highest BCUT2D eigenvalue weighted by Gasteiger charge is 2.34. The zero-order valence-corrected chi connectivity index (χ0v) is 22.7. The number of nitrogen functional groups attached to an aromatic ring is 1. The van der Waals surface area contributed by atoms with Crippen molar-refractivity contribution in [1.29, 1.82) is 0 Å². The molecule has 4 heterocycles. The standard InChI is InChI=1S/C30H34N6O3/c1-4-25-23(8-5-21-6-10-27(31)32-18-21)29(34-19-33-25)22-7-9-24(26(17-22)38-3)30(37)36-16-13-28(39-36)35-14-11-20(2)12-15-35/h6-7,9-10,17-20,28H,4,11-16H2,1-3H3,(H2,31,32). The number of nitrogens with two attached hydrogens (primary N) is 1. The summed E-state index contributed by atoms with van der Waals surface area (Å²) in [6.45, 7) is 6.87. The van der Waals surface area contributed by atoms with E-state index in [0.29, 0.717) is 35.8 Å². The highest BCUT2D eigenvalue weighted by atomic mass is 16.7. The molecule has 0 bridgehead atoms. The third-order valence-corrected chi connectivity index (χ3v) is 7.36. The van der Waals surface area contributed by atoms with E-state index in [4.69, 9.17) is 15.3 Å². The second-order valence-electron chi connectivity index (χ2n) is 10.0. The Morgan fingerprint density at radius 2 is 1.92 bits per heavy atom. The topological polar surface area (TPSA) is 107 Å². The van der Waals surface area contributed by atoms with Gasteiger partial charge in [0.15, 0.2) is 0 Å². The van der Waals surface area contributed by atoms with E-state index in [1.165, 1.54) is 11.4 Å². The summed E-state index contributed by atoms with van der Waals surface area (Å²) < 4.78 is 5.67. The van der Waals surface area contributed by atoms with Crippen molar-refractivity contribution >= 4 is 11.7 Å². The largest absolute Gasteiger partial charge is 0.496 e. The molecule has 5 rings (SSSR count). The molecule has 2 N–H and O–H groups in total. The van der Waals surface area contributed by atoms with Crippen LogP contribution in [0, 0.1) is 17.8 Å². The van der Waals surface area contributed by atoms with Gasteiger partial charge in [0, 0.05) is 36.8 Å². The minimum atomic E-state index is -0.209. The minimum Gasteiger partial charge on any atom is -0.496 e. The molecule has 2 aromatic heterocycles. The van der Waals surface area contributed by atoms with Crippen molar-refractivity contribution in [3.8, 4) is 28.8 Å². The van der Waals surface area contributed by atoms with E-state index in [0.717, 1.165) is 60.7 Å². The number of likely N-dealkylation sites (tertiary alicyclic amines) is 1. The second kappa shape index (κ2) is 11.8. The van der Waals surface area contributed by atoms with Crippen LogP contribution in [0.15, 0.2) is 42.9 Å². The number of rotatable bonds is 5. The van der Waals surface area contributed by atoms with Crippen LogP contribution in [0.1, 0.15) is 60.3 Å². The van der Waals surface area contributed by atoms with E-state index in [-0.39, 0.29) is 12.1 Å². The van der Waals surface area contributed by atoms with E-state index in [1.54, 1.807) is 25.4 Å². The van der Waals surface area contributed by atoms with Crippen LogP contribution < -0.4 is 10.5 Å². The summed E-state index contributed by atoms with van der Waals surface area (Å²) in [4.78, 5) is 35.0. The van der Waals surface area contributed by atoms with Gasteiger partial charge < -0.3 is 10.5 Å². The van der Waals surface area contributed by atoms with Crippen molar-refractivity contribution in [2.75, 3.05) is 32.5 Å². The van der Waals surface area contributed by atoms with E-state index in [2.05, 4.69) is 38.6 Å². The lowest BCUT2D eigenvalue weighted by atomic mass is 9.99. The Morgan fingerprint density at radius 3 is 2.64 bits per heavy atom. The Bertz CT molecular complexity index is 1390. The van der Waals surface area contributed by atoms with Crippen LogP contribution >= 0.6 is 0 Å². The average molecular weight is 527 g/mol. The maximum atomic E-state index is 13.4. The van der Waals surface area contributed by atoms with Crippen molar-refractivity contribution in [3.63, 3.8) is 0 Å². The van der Waals surface area contributed by atoms with Gasteiger partial charge in [0.05, 0.1) is 36.2 Å². The van der Waals surface area contributed by atoms with Gasteiger partial charge >= 0.3 is 0 Å². The fraction of sp³-hybridized carbons (Fsp3) is 0.400. The summed E-state index contributed by atoms with van der Waals surface area (Å²) in [6.07, 6.45) is 6.93.